The van der Waals surface area contributed by atoms with Gasteiger partial charge in [0.25, 0.3) is 0 Å². The van der Waals surface area contributed by atoms with Gasteiger partial charge in [-0.1, -0.05) is 47.5 Å². The first-order valence-electron chi connectivity index (χ1n) is 6.01. The largest absolute Gasteiger partial charge is 0.207 e. The van der Waals surface area contributed by atoms with Crippen molar-refractivity contribution in [2.45, 2.75) is 19.3 Å². The molecule has 0 aromatic heterocycles. The molecular formula is C16H13ClFN. The molecule has 0 amide bonds. The van der Waals surface area contributed by atoms with E-state index in [9.17, 15) is 9.65 Å². The smallest absolute Gasteiger partial charge is 0.127 e. The van der Waals surface area contributed by atoms with Crippen LogP contribution in [0.3, 0.4) is 0 Å². The third kappa shape index (κ3) is 3.13. The fourth-order valence-electron chi connectivity index (χ4n) is 1.97. The molecule has 0 spiro atoms. The molecule has 0 aliphatic heterocycles. The van der Waals surface area contributed by atoms with Crippen molar-refractivity contribution in [2.24, 2.45) is 0 Å². The molecule has 1 nitrogen and oxygen atoms in total. The minimum absolute atomic E-state index is 0.283. The summed E-state index contributed by atoms with van der Waals surface area (Å²) in [6.07, 6.45) is 0.283. The number of benzene rings is 2. The lowest BCUT2D eigenvalue weighted by Gasteiger charge is -2.12. The SMILES string of the molecule is Cc1ccc(C(C#N)Cc2c(F)cccc2Cl)cc1. The zero-order chi connectivity index (χ0) is 13.8. The molecule has 2 aromatic carbocycles. The van der Waals surface area contributed by atoms with Gasteiger partial charge in [0, 0.05) is 10.6 Å². The second-order valence-corrected chi connectivity index (χ2v) is 4.90. The summed E-state index contributed by atoms with van der Waals surface area (Å²) >= 11 is 5.99. The van der Waals surface area contributed by atoms with Crippen molar-refractivity contribution in [1.82, 2.24) is 0 Å². The van der Waals surface area contributed by atoms with Crippen LogP contribution in [0, 0.1) is 24.1 Å². The van der Waals surface area contributed by atoms with Crippen molar-refractivity contribution in [3.63, 3.8) is 0 Å². The Labute approximate surface area is 117 Å². The molecule has 0 radical (unpaired) electrons. The Hall–Kier alpha value is -1.85. The van der Waals surface area contributed by atoms with Crippen LogP contribution < -0.4 is 0 Å². The highest BCUT2D eigenvalue weighted by Crippen LogP contribution is 2.27. The van der Waals surface area contributed by atoms with Gasteiger partial charge in [-0.15, -0.1) is 0 Å². The minimum atomic E-state index is -0.394. The van der Waals surface area contributed by atoms with Crippen LogP contribution in [0.15, 0.2) is 42.5 Å². The number of aryl methyl sites for hydroxylation is 1. The summed E-state index contributed by atoms with van der Waals surface area (Å²) in [7, 11) is 0. The van der Waals surface area contributed by atoms with Gasteiger partial charge in [-0.25, -0.2) is 4.39 Å². The molecule has 0 aliphatic rings. The highest BCUT2D eigenvalue weighted by molar-refractivity contribution is 6.31. The number of hydrogen-bond acceptors (Lipinski definition) is 1. The molecule has 3 heteroatoms. The van der Waals surface area contributed by atoms with Crippen LogP contribution in [0.25, 0.3) is 0 Å². The molecule has 1 unspecified atom stereocenters. The highest BCUT2D eigenvalue weighted by atomic mass is 35.5. The van der Waals surface area contributed by atoms with Crippen molar-refractivity contribution in [2.75, 3.05) is 0 Å². The normalized spacial score (nSPS) is 11.9. The van der Waals surface area contributed by atoms with Crippen molar-refractivity contribution in [1.29, 1.82) is 5.26 Å². The van der Waals surface area contributed by atoms with Gasteiger partial charge in [0.15, 0.2) is 0 Å². The predicted molar refractivity (Wildman–Crippen MR) is 74.6 cm³/mol. The van der Waals surface area contributed by atoms with Crippen LogP contribution in [-0.2, 0) is 6.42 Å². The van der Waals surface area contributed by atoms with Gasteiger partial charge < -0.3 is 0 Å². The third-order valence-corrected chi connectivity index (χ3v) is 3.46. The Morgan fingerprint density at radius 3 is 2.47 bits per heavy atom. The van der Waals surface area contributed by atoms with Crippen LogP contribution in [0.2, 0.25) is 5.02 Å². The first-order valence-corrected chi connectivity index (χ1v) is 6.38. The molecule has 0 fully saturated rings. The molecule has 96 valence electrons. The van der Waals surface area contributed by atoms with E-state index in [-0.39, 0.29) is 12.2 Å². The molecular weight excluding hydrogens is 261 g/mol. The average molecular weight is 274 g/mol. The van der Waals surface area contributed by atoms with Crippen LogP contribution >= 0.6 is 11.6 Å². The summed E-state index contributed by atoms with van der Waals surface area (Å²) in [6, 6.07) is 14.5. The minimum Gasteiger partial charge on any atom is -0.207 e. The second-order valence-electron chi connectivity index (χ2n) is 4.50. The molecule has 2 rings (SSSR count). The standard InChI is InChI=1S/C16H13ClFN/c1-11-5-7-12(8-6-11)13(10-19)9-14-15(17)3-2-4-16(14)18/h2-8,13H,9H2,1H3. The van der Waals surface area contributed by atoms with E-state index in [0.29, 0.717) is 10.6 Å². The zero-order valence-electron chi connectivity index (χ0n) is 10.5. The molecule has 0 saturated carbocycles. The number of halogens is 2. The molecule has 0 aliphatic carbocycles. The monoisotopic (exact) mass is 273 g/mol. The predicted octanol–water partition coefficient (Wildman–Crippen LogP) is 4.64. The summed E-state index contributed by atoms with van der Waals surface area (Å²) in [4.78, 5) is 0. The van der Waals surface area contributed by atoms with E-state index in [0.717, 1.165) is 11.1 Å². The van der Waals surface area contributed by atoms with Crippen molar-refractivity contribution < 1.29 is 4.39 Å². The number of nitriles is 1. The quantitative estimate of drug-likeness (QED) is 0.799. The molecule has 0 N–H and O–H groups in total. The topological polar surface area (TPSA) is 23.8 Å². The summed E-state index contributed by atoms with van der Waals surface area (Å²) in [5.74, 6) is -0.755. The maximum absolute atomic E-state index is 13.7. The fourth-order valence-corrected chi connectivity index (χ4v) is 2.21. The van der Waals surface area contributed by atoms with Crippen molar-refractivity contribution in [3.05, 3.63) is 70.0 Å². The van der Waals surface area contributed by atoms with Crippen LogP contribution in [0.1, 0.15) is 22.6 Å². The van der Waals surface area contributed by atoms with E-state index in [1.165, 1.54) is 6.07 Å². The van der Waals surface area contributed by atoms with E-state index >= 15 is 0 Å². The fraction of sp³-hybridized carbons (Fsp3) is 0.188. The first-order chi connectivity index (χ1) is 9.11. The van der Waals surface area contributed by atoms with E-state index < -0.39 is 5.92 Å². The van der Waals surface area contributed by atoms with Gasteiger partial charge in [0.2, 0.25) is 0 Å². The molecule has 2 aromatic rings. The second kappa shape index (κ2) is 5.86. The van der Waals surface area contributed by atoms with E-state index in [1.807, 2.05) is 31.2 Å². The van der Waals surface area contributed by atoms with E-state index in [2.05, 4.69) is 6.07 Å². The maximum Gasteiger partial charge on any atom is 0.127 e. The summed E-state index contributed by atoms with van der Waals surface area (Å²) in [5, 5.41) is 9.64. The average Bonchev–Trinajstić information content (AvgIpc) is 2.40. The Morgan fingerprint density at radius 1 is 1.21 bits per heavy atom. The van der Waals surface area contributed by atoms with Gasteiger partial charge in [-0.3, -0.25) is 0 Å². The van der Waals surface area contributed by atoms with Crippen LogP contribution in [0.4, 0.5) is 4.39 Å². The zero-order valence-corrected chi connectivity index (χ0v) is 11.3. The lowest BCUT2D eigenvalue weighted by molar-refractivity contribution is 0.604. The van der Waals surface area contributed by atoms with Gasteiger partial charge in [0.1, 0.15) is 5.82 Å². The van der Waals surface area contributed by atoms with E-state index in [1.54, 1.807) is 12.1 Å². The third-order valence-electron chi connectivity index (χ3n) is 3.11. The molecule has 0 bridgehead atoms. The molecule has 1 atom stereocenters. The highest BCUT2D eigenvalue weighted by Gasteiger charge is 2.16. The van der Waals surface area contributed by atoms with E-state index in [4.69, 9.17) is 11.6 Å². The van der Waals surface area contributed by atoms with Gasteiger partial charge >= 0.3 is 0 Å². The molecule has 0 saturated heterocycles. The Balaban J connectivity index is 2.30. The maximum atomic E-state index is 13.7. The van der Waals surface area contributed by atoms with Crippen molar-refractivity contribution >= 4 is 11.6 Å². The van der Waals surface area contributed by atoms with Crippen LogP contribution in [0.5, 0.6) is 0 Å². The summed E-state index contributed by atoms with van der Waals surface area (Å²) in [5.41, 5.74) is 2.41. The lowest BCUT2D eigenvalue weighted by Crippen LogP contribution is -2.03. The van der Waals surface area contributed by atoms with Gasteiger partial charge in [0.05, 0.1) is 12.0 Å². The molecule has 19 heavy (non-hydrogen) atoms. The molecule has 0 heterocycles. The summed E-state index contributed by atoms with van der Waals surface area (Å²) in [6.45, 7) is 1.99. The lowest BCUT2D eigenvalue weighted by atomic mass is 9.92. The number of hydrogen-bond donors (Lipinski definition) is 0. The summed E-state index contributed by atoms with van der Waals surface area (Å²) < 4.78 is 13.7. The van der Waals surface area contributed by atoms with Crippen molar-refractivity contribution in [3.8, 4) is 6.07 Å². The van der Waals surface area contributed by atoms with Gasteiger partial charge in [-0.05, 0) is 31.0 Å². The Kier molecular flexibility index (Phi) is 4.19. The Bertz CT molecular complexity index is 593. The van der Waals surface area contributed by atoms with Gasteiger partial charge in [-0.2, -0.15) is 5.26 Å². The number of nitrogens with zero attached hydrogens (tertiary/aromatic N) is 1. The Morgan fingerprint density at radius 2 is 1.89 bits per heavy atom. The first kappa shape index (κ1) is 13.6. The number of rotatable bonds is 3. The van der Waals surface area contributed by atoms with Crippen LogP contribution in [-0.4, -0.2) is 0 Å².